The molecule has 192 valence electrons. The lowest BCUT2D eigenvalue weighted by Crippen LogP contribution is -2.36. The van der Waals surface area contributed by atoms with Crippen LogP contribution in [0.5, 0.6) is 0 Å². The molecule has 2 N–H and O–H groups in total. The van der Waals surface area contributed by atoms with E-state index in [1.54, 1.807) is 0 Å². The lowest BCUT2D eigenvalue weighted by atomic mass is 9.80. The average Bonchev–Trinajstić information content (AvgIpc) is 3.00. The minimum Gasteiger partial charge on any atom is -0.314 e. The molecule has 1 unspecified atom stereocenters. The van der Waals surface area contributed by atoms with Gasteiger partial charge in [-0.05, 0) is 70.5 Å². The molecule has 38 heavy (non-hydrogen) atoms. The maximum absolute atomic E-state index is 7.18. The molecule has 1 heteroatoms. The fourth-order valence-electron chi connectivity index (χ4n) is 4.68. The van der Waals surface area contributed by atoms with Crippen LogP contribution in [0.3, 0.4) is 0 Å². The quantitative estimate of drug-likeness (QED) is 0.241. The van der Waals surface area contributed by atoms with Gasteiger partial charge in [-0.25, -0.2) is 0 Å². The molecule has 4 rings (SSSR count). The molecule has 1 nitrogen and oxygen atoms in total. The highest BCUT2D eigenvalue weighted by Gasteiger charge is 2.28. The minimum absolute atomic E-state index is 0.802. The SMILES string of the molecule is C=C/C(=C\C(N)(C(/C=C\C)=C/C)c1ccccc1)c1cccc(-c2ccccc2-c2ccccc2)c1.CC. The predicted molar refractivity (Wildman–Crippen MR) is 168 cm³/mol. The topological polar surface area (TPSA) is 26.0 Å². The van der Waals surface area contributed by atoms with Crippen molar-refractivity contribution in [3.05, 3.63) is 163 Å². The van der Waals surface area contributed by atoms with E-state index >= 15 is 0 Å². The molecule has 0 bridgehead atoms. The summed E-state index contributed by atoms with van der Waals surface area (Å²) in [5.41, 5.74) is 15.3. The molecule has 0 saturated carbocycles. The van der Waals surface area contributed by atoms with Gasteiger partial charge in [0.25, 0.3) is 0 Å². The summed E-state index contributed by atoms with van der Waals surface area (Å²) in [4.78, 5) is 0. The summed E-state index contributed by atoms with van der Waals surface area (Å²) in [7, 11) is 0. The highest BCUT2D eigenvalue weighted by molar-refractivity contribution is 5.86. The van der Waals surface area contributed by atoms with E-state index in [2.05, 4.69) is 110 Å². The first-order valence-corrected chi connectivity index (χ1v) is 13.3. The summed E-state index contributed by atoms with van der Waals surface area (Å²) in [5, 5.41) is 0. The smallest absolute Gasteiger partial charge is 0.0858 e. The molecule has 1 atom stereocenters. The summed E-state index contributed by atoms with van der Waals surface area (Å²) >= 11 is 0. The van der Waals surface area contributed by atoms with Crippen molar-refractivity contribution in [3.8, 4) is 22.3 Å². The molecular formula is C37H39N. The molecular weight excluding hydrogens is 458 g/mol. The second kappa shape index (κ2) is 13.9. The van der Waals surface area contributed by atoms with E-state index in [0.717, 1.165) is 27.8 Å². The number of benzene rings is 4. The minimum atomic E-state index is -0.802. The first-order chi connectivity index (χ1) is 18.6. The van der Waals surface area contributed by atoms with Crippen LogP contribution in [0.4, 0.5) is 0 Å². The Labute approximate surface area is 229 Å². The van der Waals surface area contributed by atoms with Crippen LogP contribution in [0.1, 0.15) is 38.8 Å². The molecule has 0 aromatic heterocycles. The summed E-state index contributed by atoms with van der Waals surface area (Å²) in [6.07, 6.45) is 10.2. The van der Waals surface area contributed by atoms with Gasteiger partial charge in [-0.2, -0.15) is 0 Å². The van der Waals surface area contributed by atoms with Crippen molar-refractivity contribution in [2.75, 3.05) is 0 Å². The van der Waals surface area contributed by atoms with Crippen molar-refractivity contribution >= 4 is 5.57 Å². The van der Waals surface area contributed by atoms with Crippen molar-refractivity contribution in [1.29, 1.82) is 0 Å². The Balaban J connectivity index is 0.00000195. The van der Waals surface area contributed by atoms with Gasteiger partial charge in [-0.1, -0.05) is 148 Å². The van der Waals surface area contributed by atoms with Gasteiger partial charge in [0.2, 0.25) is 0 Å². The van der Waals surface area contributed by atoms with E-state index in [1.165, 1.54) is 16.7 Å². The van der Waals surface area contributed by atoms with Crippen molar-refractivity contribution in [3.63, 3.8) is 0 Å². The summed E-state index contributed by atoms with van der Waals surface area (Å²) in [5.74, 6) is 0. The number of allylic oxidation sites excluding steroid dienone is 4. The van der Waals surface area contributed by atoms with Crippen molar-refractivity contribution in [2.24, 2.45) is 5.73 Å². The molecule has 0 aliphatic heterocycles. The zero-order valence-electron chi connectivity index (χ0n) is 23.1. The Morgan fingerprint density at radius 2 is 1.26 bits per heavy atom. The third-order valence-corrected chi connectivity index (χ3v) is 6.51. The molecule has 0 spiro atoms. The van der Waals surface area contributed by atoms with E-state index in [9.17, 15) is 0 Å². The van der Waals surface area contributed by atoms with Gasteiger partial charge in [0.1, 0.15) is 0 Å². The number of nitrogens with two attached hydrogens (primary N) is 1. The third kappa shape index (κ3) is 6.37. The molecule has 0 amide bonds. The predicted octanol–water partition coefficient (Wildman–Crippen LogP) is 9.99. The maximum Gasteiger partial charge on any atom is 0.0858 e. The molecule has 4 aromatic carbocycles. The van der Waals surface area contributed by atoms with E-state index in [4.69, 9.17) is 5.73 Å². The van der Waals surface area contributed by atoms with Gasteiger partial charge in [0.15, 0.2) is 0 Å². The third-order valence-electron chi connectivity index (χ3n) is 6.51. The van der Waals surface area contributed by atoms with Gasteiger partial charge in [-0.3, -0.25) is 0 Å². The summed E-state index contributed by atoms with van der Waals surface area (Å²) < 4.78 is 0. The Morgan fingerprint density at radius 1 is 0.711 bits per heavy atom. The Kier molecular flexibility index (Phi) is 10.4. The zero-order valence-corrected chi connectivity index (χ0v) is 23.1. The summed E-state index contributed by atoms with van der Waals surface area (Å²) in [6.45, 7) is 12.2. The second-order valence-corrected chi connectivity index (χ2v) is 8.78. The summed E-state index contributed by atoms with van der Waals surface area (Å²) in [6, 6.07) is 37.9. The van der Waals surface area contributed by atoms with E-state index in [-0.39, 0.29) is 0 Å². The molecule has 0 fully saturated rings. The van der Waals surface area contributed by atoms with Crippen LogP contribution in [-0.4, -0.2) is 0 Å². The van der Waals surface area contributed by atoms with Crippen molar-refractivity contribution in [2.45, 2.75) is 33.2 Å². The Bertz CT molecular complexity index is 1410. The van der Waals surface area contributed by atoms with E-state index in [0.29, 0.717) is 0 Å². The van der Waals surface area contributed by atoms with Crippen LogP contribution in [0.2, 0.25) is 0 Å². The molecule has 0 radical (unpaired) electrons. The second-order valence-electron chi connectivity index (χ2n) is 8.78. The standard InChI is InChI=1S/C35H33N.C2H6/c1-4-16-31(6-3)35(36,32-21-11-8-12-22-32)26-27(5-2)29-19-15-20-30(25-29)34-24-14-13-23-33(34)28-17-9-7-10-18-28;1-2/h4-26H,2,36H2,1,3H3;1-2H3/b16-4-,27-26+,31-6+;. The number of hydrogen-bond donors (Lipinski definition) is 1. The van der Waals surface area contributed by atoms with Gasteiger partial charge >= 0.3 is 0 Å². The average molecular weight is 498 g/mol. The van der Waals surface area contributed by atoms with Crippen molar-refractivity contribution in [1.82, 2.24) is 0 Å². The first kappa shape index (κ1) is 28.4. The maximum atomic E-state index is 7.18. The number of rotatable bonds is 8. The normalized spacial score (nSPS) is 13.4. The highest BCUT2D eigenvalue weighted by Crippen LogP contribution is 2.36. The van der Waals surface area contributed by atoms with Gasteiger partial charge in [0.05, 0.1) is 5.54 Å². The lowest BCUT2D eigenvalue weighted by molar-refractivity contribution is 0.680. The lowest BCUT2D eigenvalue weighted by Gasteiger charge is -2.30. The number of hydrogen-bond acceptors (Lipinski definition) is 1. The van der Waals surface area contributed by atoms with Crippen molar-refractivity contribution < 1.29 is 0 Å². The monoisotopic (exact) mass is 497 g/mol. The largest absolute Gasteiger partial charge is 0.314 e. The van der Waals surface area contributed by atoms with E-state index in [1.807, 2.05) is 64.1 Å². The van der Waals surface area contributed by atoms with Crippen LogP contribution >= 0.6 is 0 Å². The van der Waals surface area contributed by atoms with Gasteiger partial charge in [0, 0.05) is 0 Å². The Morgan fingerprint density at radius 3 is 1.84 bits per heavy atom. The highest BCUT2D eigenvalue weighted by atomic mass is 14.7. The Hall–Kier alpha value is -4.20. The van der Waals surface area contributed by atoms with Crippen LogP contribution in [0, 0.1) is 0 Å². The van der Waals surface area contributed by atoms with Gasteiger partial charge in [-0.15, -0.1) is 0 Å². The van der Waals surface area contributed by atoms with Gasteiger partial charge < -0.3 is 5.73 Å². The van der Waals surface area contributed by atoms with Crippen LogP contribution in [-0.2, 0) is 5.54 Å². The van der Waals surface area contributed by atoms with Crippen LogP contribution < -0.4 is 5.73 Å². The molecule has 0 saturated heterocycles. The molecule has 0 heterocycles. The fourth-order valence-corrected chi connectivity index (χ4v) is 4.68. The van der Waals surface area contributed by atoms with E-state index < -0.39 is 5.54 Å². The zero-order chi connectivity index (χ0) is 27.4. The van der Waals surface area contributed by atoms with Crippen LogP contribution in [0.15, 0.2) is 152 Å². The fraction of sp³-hybridized carbons (Fsp3) is 0.135. The molecule has 0 aliphatic carbocycles. The van der Waals surface area contributed by atoms with Crippen LogP contribution in [0.25, 0.3) is 27.8 Å². The molecule has 0 aliphatic rings. The first-order valence-electron chi connectivity index (χ1n) is 13.3. The molecule has 4 aromatic rings.